The van der Waals surface area contributed by atoms with Crippen molar-refractivity contribution in [1.82, 2.24) is 4.90 Å². The van der Waals surface area contributed by atoms with Gasteiger partial charge >= 0.3 is 0 Å². The van der Waals surface area contributed by atoms with Gasteiger partial charge in [-0.3, -0.25) is 9.69 Å². The van der Waals surface area contributed by atoms with Crippen LogP contribution in [-0.2, 0) is 6.54 Å². The van der Waals surface area contributed by atoms with E-state index in [-0.39, 0.29) is 5.78 Å². The van der Waals surface area contributed by atoms with Crippen molar-refractivity contribution in [2.75, 3.05) is 20.2 Å². The fourth-order valence-corrected chi connectivity index (χ4v) is 1.81. The van der Waals surface area contributed by atoms with Crippen LogP contribution in [0.3, 0.4) is 0 Å². The Hall–Kier alpha value is -1.35. The van der Waals surface area contributed by atoms with Gasteiger partial charge in [-0.15, -0.1) is 0 Å². The molecular weight excluding hydrogens is 214 g/mol. The van der Waals surface area contributed by atoms with Crippen LogP contribution >= 0.6 is 0 Å². The molecule has 0 unspecified atom stereocenters. The van der Waals surface area contributed by atoms with Crippen molar-refractivity contribution in [2.45, 2.75) is 27.3 Å². The largest absolute Gasteiger partial charge is 0.496 e. The molecule has 3 heteroatoms. The van der Waals surface area contributed by atoms with Crippen LogP contribution in [0.2, 0.25) is 0 Å². The Kier molecular flexibility index (Phi) is 5.16. The van der Waals surface area contributed by atoms with E-state index >= 15 is 0 Å². The lowest BCUT2D eigenvalue weighted by atomic mass is 10.1. The highest BCUT2D eigenvalue weighted by atomic mass is 16.5. The molecule has 0 aliphatic heterocycles. The number of nitrogens with zero attached hydrogens (tertiary/aromatic N) is 1. The maximum Gasteiger partial charge on any atom is 0.159 e. The molecule has 1 aromatic rings. The smallest absolute Gasteiger partial charge is 0.159 e. The second-order valence-electron chi connectivity index (χ2n) is 4.04. The van der Waals surface area contributed by atoms with E-state index in [0.717, 1.165) is 36.5 Å². The number of hydrogen-bond acceptors (Lipinski definition) is 3. The molecule has 0 N–H and O–H groups in total. The van der Waals surface area contributed by atoms with E-state index in [2.05, 4.69) is 18.7 Å². The Bertz CT molecular complexity index is 384. The molecule has 0 amide bonds. The molecule has 0 heterocycles. The van der Waals surface area contributed by atoms with Crippen LogP contribution in [0.15, 0.2) is 18.2 Å². The first-order valence-corrected chi connectivity index (χ1v) is 6.02. The highest BCUT2D eigenvalue weighted by Crippen LogP contribution is 2.21. The number of methoxy groups -OCH3 is 1. The van der Waals surface area contributed by atoms with Crippen molar-refractivity contribution in [3.05, 3.63) is 29.3 Å². The van der Waals surface area contributed by atoms with Crippen molar-refractivity contribution >= 4 is 5.78 Å². The van der Waals surface area contributed by atoms with Gasteiger partial charge < -0.3 is 4.74 Å². The first kappa shape index (κ1) is 13.7. The van der Waals surface area contributed by atoms with Gasteiger partial charge in [0, 0.05) is 17.7 Å². The molecule has 0 saturated heterocycles. The van der Waals surface area contributed by atoms with Gasteiger partial charge in [0.1, 0.15) is 5.75 Å². The molecule has 0 aromatic heterocycles. The number of ether oxygens (including phenoxy) is 1. The third kappa shape index (κ3) is 3.56. The summed E-state index contributed by atoms with van der Waals surface area (Å²) in [4.78, 5) is 13.7. The minimum atomic E-state index is 0.0912. The van der Waals surface area contributed by atoms with Crippen LogP contribution in [-0.4, -0.2) is 30.9 Å². The second kappa shape index (κ2) is 6.40. The lowest BCUT2D eigenvalue weighted by Crippen LogP contribution is -2.22. The third-order valence-corrected chi connectivity index (χ3v) is 2.98. The summed E-state index contributed by atoms with van der Waals surface area (Å²) in [6.45, 7) is 8.64. The monoisotopic (exact) mass is 235 g/mol. The Morgan fingerprint density at radius 2 is 1.94 bits per heavy atom. The normalized spacial score (nSPS) is 10.6. The number of benzene rings is 1. The Labute approximate surface area is 103 Å². The highest BCUT2D eigenvalue weighted by Gasteiger charge is 2.09. The molecule has 3 nitrogen and oxygen atoms in total. The van der Waals surface area contributed by atoms with Crippen LogP contribution in [0.5, 0.6) is 5.75 Å². The van der Waals surface area contributed by atoms with E-state index < -0.39 is 0 Å². The first-order chi connectivity index (χ1) is 8.12. The molecular formula is C14H21NO2. The van der Waals surface area contributed by atoms with E-state index in [1.165, 1.54) is 0 Å². The Morgan fingerprint density at radius 1 is 1.29 bits per heavy atom. The van der Waals surface area contributed by atoms with Gasteiger partial charge in [0.05, 0.1) is 7.11 Å². The van der Waals surface area contributed by atoms with Gasteiger partial charge in [0.25, 0.3) is 0 Å². The minimum absolute atomic E-state index is 0.0912. The topological polar surface area (TPSA) is 29.5 Å². The summed E-state index contributed by atoms with van der Waals surface area (Å²) in [6.07, 6.45) is 0. The zero-order chi connectivity index (χ0) is 12.8. The van der Waals surface area contributed by atoms with Crippen molar-refractivity contribution in [1.29, 1.82) is 0 Å². The fraction of sp³-hybridized carbons (Fsp3) is 0.500. The molecule has 0 spiro atoms. The molecule has 17 heavy (non-hydrogen) atoms. The standard InChI is InChI=1S/C14H21NO2/c1-5-15(6-2)10-13-9-12(11(3)16)7-8-14(13)17-4/h7-9H,5-6,10H2,1-4H3. The summed E-state index contributed by atoms with van der Waals surface area (Å²) in [5, 5.41) is 0. The number of Topliss-reactive ketones (excluding diaryl/α,β-unsaturated/α-hetero) is 1. The van der Waals surface area contributed by atoms with Crippen LogP contribution in [0.1, 0.15) is 36.7 Å². The average molecular weight is 235 g/mol. The first-order valence-electron chi connectivity index (χ1n) is 6.02. The molecule has 94 valence electrons. The number of hydrogen-bond donors (Lipinski definition) is 0. The van der Waals surface area contributed by atoms with Gasteiger partial charge in [-0.05, 0) is 38.2 Å². The van der Waals surface area contributed by atoms with Gasteiger partial charge in [-0.1, -0.05) is 13.8 Å². The lowest BCUT2D eigenvalue weighted by molar-refractivity contribution is 0.101. The van der Waals surface area contributed by atoms with Crippen molar-refractivity contribution in [3.63, 3.8) is 0 Å². The molecule has 0 atom stereocenters. The molecule has 0 radical (unpaired) electrons. The minimum Gasteiger partial charge on any atom is -0.496 e. The van der Waals surface area contributed by atoms with Crippen LogP contribution in [0, 0.1) is 0 Å². The maximum atomic E-state index is 11.4. The summed E-state index contributed by atoms with van der Waals surface area (Å²) in [5.41, 5.74) is 1.82. The fourth-order valence-electron chi connectivity index (χ4n) is 1.81. The SMILES string of the molecule is CCN(CC)Cc1cc(C(C)=O)ccc1OC. The predicted molar refractivity (Wildman–Crippen MR) is 69.6 cm³/mol. The molecule has 1 aromatic carbocycles. The van der Waals surface area contributed by atoms with Crippen molar-refractivity contribution in [2.24, 2.45) is 0 Å². The van der Waals surface area contributed by atoms with E-state index in [9.17, 15) is 4.79 Å². The van der Waals surface area contributed by atoms with Gasteiger partial charge in [0.2, 0.25) is 0 Å². The summed E-state index contributed by atoms with van der Waals surface area (Å²) >= 11 is 0. The molecule has 0 aliphatic rings. The molecule has 0 saturated carbocycles. The maximum absolute atomic E-state index is 11.4. The van der Waals surface area contributed by atoms with E-state index in [0.29, 0.717) is 0 Å². The van der Waals surface area contributed by atoms with Crippen molar-refractivity contribution in [3.8, 4) is 5.75 Å². The quantitative estimate of drug-likeness (QED) is 0.710. The molecule has 1 rings (SSSR count). The average Bonchev–Trinajstić information content (AvgIpc) is 2.35. The molecule has 0 bridgehead atoms. The second-order valence-corrected chi connectivity index (χ2v) is 4.04. The Balaban J connectivity index is 3.01. The zero-order valence-corrected chi connectivity index (χ0v) is 11.1. The summed E-state index contributed by atoms with van der Waals surface area (Å²) in [7, 11) is 1.66. The summed E-state index contributed by atoms with van der Waals surface area (Å²) in [6, 6.07) is 5.61. The zero-order valence-electron chi connectivity index (χ0n) is 11.1. The van der Waals surface area contributed by atoms with Crippen molar-refractivity contribution < 1.29 is 9.53 Å². The summed E-state index contributed by atoms with van der Waals surface area (Å²) < 4.78 is 5.33. The number of carbonyl (C=O) groups excluding carboxylic acids is 1. The van der Waals surface area contributed by atoms with E-state index in [4.69, 9.17) is 4.74 Å². The number of ketones is 1. The molecule has 0 aliphatic carbocycles. The highest BCUT2D eigenvalue weighted by molar-refractivity contribution is 5.94. The van der Waals surface area contributed by atoms with E-state index in [1.54, 1.807) is 14.0 Å². The molecule has 0 fully saturated rings. The third-order valence-electron chi connectivity index (χ3n) is 2.98. The van der Waals surface area contributed by atoms with Gasteiger partial charge in [-0.2, -0.15) is 0 Å². The van der Waals surface area contributed by atoms with Gasteiger partial charge in [0.15, 0.2) is 5.78 Å². The Morgan fingerprint density at radius 3 is 2.41 bits per heavy atom. The van der Waals surface area contributed by atoms with Crippen LogP contribution < -0.4 is 4.74 Å². The number of carbonyl (C=O) groups is 1. The number of rotatable bonds is 6. The van der Waals surface area contributed by atoms with Crippen LogP contribution in [0.4, 0.5) is 0 Å². The van der Waals surface area contributed by atoms with Gasteiger partial charge in [-0.25, -0.2) is 0 Å². The predicted octanol–water partition coefficient (Wildman–Crippen LogP) is 2.74. The van der Waals surface area contributed by atoms with E-state index in [1.807, 2.05) is 18.2 Å². The van der Waals surface area contributed by atoms with Crippen LogP contribution in [0.25, 0.3) is 0 Å². The summed E-state index contributed by atoms with van der Waals surface area (Å²) in [5.74, 6) is 0.940. The lowest BCUT2D eigenvalue weighted by Gasteiger charge is -2.20.